The molecule has 0 saturated heterocycles. The topological polar surface area (TPSA) is 90.7 Å². The average Bonchev–Trinajstić information content (AvgIpc) is 2.69. The Kier molecular flexibility index (Phi) is 4.99. The number of halogens is 3. The van der Waals surface area contributed by atoms with Crippen molar-refractivity contribution in [3.63, 3.8) is 0 Å². The van der Waals surface area contributed by atoms with Gasteiger partial charge in [-0.15, -0.1) is 10.2 Å². The number of hydrogen-bond acceptors (Lipinski definition) is 5. The molecule has 2 aromatic carbocycles. The largest absolute Gasteiger partial charge is 0.339 e. The van der Waals surface area contributed by atoms with Gasteiger partial charge in [-0.25, -0.2) is 13.2 Å². The fourth-order valence-corrected chi connectivity index (χ4v) is 2.10. The van der Waals surface area contributed by atoms with E-state index in [9.17, 15) is 18.0 Å². The summed E-state index contributed by atoms with van der Waals surface area (Å²) in [4.78, 5) is 12.1. The molecule has 27 heavy (non-hydrogen) atoms. The van der Waals surface area contributed by atoms with Gasteiger partial charge in [-0.3, -0.25) is 4.79 Å². The van der Waals surface area contributed by atoms with Gasteiger partial charge < -0.3 is 10.6 Å². The summed E-state index contributed by atoms with van der Waals surface area (Å²) in [5.41, 5.74) is 0.498. The third-order valence-corrected chi connectivity index (χ3v) is 3.47. The lowest BCUT2D eigenvalue weighted by atomic mass is 10.2. The van der Waals surface area contributed by atoms with Crippen molar-refractivity contribution in [1.29, 1.82) is 5.26 Å². The average molecular weight is 369 g/mol. The third-order valence-electron chi connectivity index (χ3n) is 3.47. The lowest BCUT2D eigenvalue weighted by Gasteiger charge is -2.08. The molecule has 9 heteroatoms. The Morgan fingerprint density at radius 1 is 0.926 bits per heavy atom. The second kappa shape index (κ2) is 7.53. The highest BCUT2D eigenvalue weighted by Crippen LogP contribution is 2.20. The minimum absolute atomic E-state index is 0.149. The molecule has 0 atom stereocenters. The van der Waals surface area contributed by atoms with E-state index in [0.717, 1.165) is 6.07 Å². The molecule has 0 aliphatic carbocycles. The van der Waals surface area contributed by atoms with Gasteiger partial charge in [-0.05, 0) is 48.5 Å². The first-order chi connectivity index (χ1) is 13.0. The SMILES string of the molecule is N#Cc1ccc(Nc2ccc(C(=O)Nc3ccc(F)c(F)c3F)nn2)cc1. The Morgan fingerprint density at radius 3 is 2.30 bits per heavy atom. The quantitative estimate of drug-likeness (QED) is 0.684. The fourth-order valence-electron chi connectivity index (χ4n) is 2.10. The molecule has 3 rings (SSSR count). The van der Waals surface area contributed by atoms with Crippen LogP contribution < -0.4 is 10.6 Å². The van der Waals surface area contributed by atoms with Crippen molar-refractivity contribution in [2.45, 2.75) is 0 Å². The molecular formula is C18H10F3N5O. The van der Waals surface area contributed by atoms with E-state index < -0.39 is 29.0 Å². The van der Waals surface area contributed by atoms with Crippen LogP contribution in [0, 0.1) is 28.8 Å². The van der Waals surface area contributed by atoms with E-state index in [4.69, 9.17) is 5.26 Å². The molecule has 0 radical (unpaired) electrons. The molecule has 6 nitrogen and oxygen atoms in total. The lowest BCUT2D eigenvalue weighted by Crippen LogP contribution is -2.16. The van der Waals surface area contributed by atoms with Gasteiger partial charge in [0.15, 0.2) is 29.0 Å². The number of anilines is 3. The Labute approximate surface area is 151 Å². The maximum atomic E-state index is 13.6. The molecule has 1 heterocycles. The zero-order chi connectivity index (χ0) is 19.4. The lowest BCUT2D eigenvalue weighted by molar-refractivity contribution is 0.102. The van der Waals surface area contributed by atoms with Crippen LogP contribution in [0.15, 0.2) is 48.5 Å². The van der Waals surface area contributed by atoms with Crippen LogP contribution in [0.2, 0.25) is 0 Å². The molecule has 0 spiro atoms. The molecule has 1 amide bonds. The van der Waals surface area contributed by atoms with Crippen LogP contribution in [0.5, 0.6) is 0 Å². The molecular weight excluding hydrogens is 359 g/mol. The molecule has 2 N–H and O–H groups in total. The van der Waals surface area contributed by atoms with Gasteiger partial charge in [0.2, 0.25) is 0 Å². The number of carbonyl (C=O) groups excluding carboxylic acids is 1. The Bertz CT molecular complexity index is 1030. The van der Waals surface area contributed by atoms with Crippen LogP contribution in [-0.4, -0.2) is 16.1 Å². The van der Waals surface area contributed by atoms with Crippen molar-refractivity contribution >= 4 is 23.1 Å². The number of carbonyl (C=O) groups is 1. The van der Waals surface area contributed by atoms with Crippen molar-refractivity contribution in [3.8, 4) is 6.07 Å². The zero-order valence-electron chi connectivity index (χ0n) is 13.5. The first-order valence-corrected chi connectivity index (χ1v) is 7.53. The number of hydrogen-bond donors (Lipinski definition) is 2. The zero-order valence-corrected chi connectivity index (χ0v) is 13.5. The summed E-state index contributed by atoms with van der Waals surface area (Å²) < 4.78 is 39.7. The number of nitrogens with zero attached hydrogens (tertiary/aromatic N) is 3. The van der Waals surface area contributed by atoms with Crippen molar-refractivity contribution in [2.24, 2.45) is 0 Å². The maximum absolute atomic E-state index is 13.6. The number of rotatable bonds is 4. The first kappa shape index (κ1) is 17.9. The summed E-state index contributed by atoms with van der Waals surface area (Å²) >= 11 is 0. The van der Waals surface area contributed by atoms with Crippen molar-refractivity contribution in [1.82, 2.24) is 10.2 Å². The first-order valence-electron chi connectivity index (χ1n) is 7.53. The molecule has 0 aliphatic heterocycles. The van der Waals surface area contributed by atoms with Crippen molar-refractivity contribution < 1.29 is 18.0 Å². The highest BCUT2D eigenvalue weighted by atomic mass is 19.2. The van der Waals surface area contributed by atoms with Crippen molar-refractivity contribution in [2.75, 3.05) is 10.6 Å². The van der Waals surface area contributed by atoms with E-state index in [1.54, 1.807) is 24.3 Å². The molecule has 0 saturated carbocycles. The van der Waals surface area contributed by atoms with Gasteiger partial charge in [-0.1, -0.05) is 0 Å². The third kappa shape index (κ3) is 4.01. The summed E-state index contributed by atoms with van der Waals surface area (Å²) in [7, 11) is 0. The van der Waals surface area contributed by atoms with Gasteiger partial charge in [0.05, 0.1) is 17.3 Å². The molecule has 0 fully saturated rings. The summed E-state index contributed by atoms with van der Waals surface area (Å²) in [6, 6.07) is 13.0. The highest BCUT2D eigenvalue weighted by Gasteiger charge is 2.17. The normalized spacial score (nSPS) is 10.1. The summed E-state index contributed by atoms with van der Waals surface area (Å²) in [5, 5.41) is 21.3. The number of benzene rings is 2. The van der Waals surface area contributed by atoms with E-state index in [1.807, 2.05) is 6.07 Å². The van der Waals surface area contributed by atoms with Crippen LogP contribution in [0.25, 0.3) is 0 Å². The summed E-state index contributed by atoms with van der Waals surface area (Å²) in [5.74, 6) is -5.05. The molecule has 1 aromatic heterocycles. The minimum atomic E-state index is -1.68. The van der Waals surface area contributed by atoms with E-state index in [2.05, 4.69) is 20.8 Å². The molecule has 0 unspecified atom stereocenters. The van der Waals surface area contributed by atoms with Gasteiger partial charge in [0.1, 0.15) is 0 Å². The van der Waals surface area contributed by atoms with Crippen LogP contribution in [-0.2, 0) is 0 Å². The second-order valence-corrected chi connectivity index (χ2v) is 5.30. The second-order valence-electron chi connectivity index (χ2n) is 5.30. The smallest absolute Gasteiger partial charge is 0.276 e. The number of nitrogens with one attached hydrogen (secondary N) is 2. The van der Waals surface area contributed by atoms with E-state index in [-0.39, 0.29) is 5.69 Å². The molecule has 134 valence electrons. The maximum Gasteiger partial charge on any atom is 0.276 e. The van der Waals surface area contributed by atoms with Crippen LogP contribution in [0.4, 0.5) is 30.4 Å². The van der Waals surface area contributed by atoms with Crippen LogP contribution in [0.3, 0.4) is 0 Å². The number of amides is 1. The predicted molar refractivity (Wildman–Crippen MR) is 90.7 cm³/mol. The Hall–Kier alpha value is -3.93. The van der Waals surface area contributed by atoms with Crippen molar-refractivity contribution in [3.05, 3.63) is 77.2 Å². The Morgan fingerprint density at radius 2 is 1.67 bits per heavy atom. The Balaban J connectivity index is 1.70. The van der Waals surface area contributed by atoms with E-state index in [1.165, 1.54) is 12.1 Å². The molecule has 0 aliphatic rings. The minimum Gasteiger partial charge on any atom is -0.339 e. The fraction of sp³-hybridized carbons (Fsp3) is 0. The molecule has 0 bridgehead atoms. The highest BCUT2D eigenvalue weighted by molar-refractivity contribution is 6.02. The van der Waals surface area contributed by atoms with Crippen LogP contribution >= 0.6 is 0 Å². The molecule has 3 aromatic rings. The van der Waals surface area contributed by atoms with Gasteiger partial charge in [-0.2, -0.15) is 5.26 Å². The standard InChI is InChI=1S/C18H10F3N5O/c19-12-5-6-13(17(21)16(12)20)24-18(27)14-7-8-15(26-25-14)23-11-3-1-10(9-22)2-4-11/h1-8H,(H,23,26)(H,24,27). The van der Waals surface area contributed by atoms with E-state index >= 15 is 0 Å². The van der Waals surface area contributed by atoms with Crippen LogP contribution in [0.1, 0.15) is 16.1 Å². The predicted octanol–water partition coefficient (Wildman–Crippen LogP) is 3.76. The monoisotopic (exact) mass is 369 g/mol. The number of aromatic nitrogens is 2. The van der Waals surface area contributed by atoms with Gasteiger partial charge in [0, 0.05) is 5.69 Å². The number of nitriles is 1. The van der Waals surface area contributed by atoms with E-state index in [0.29, 0.717) is 23.1 Å². The van der Waals surface area contributed by atoms with Gasteiger partial charge >= 0.3 is 0 Å². The summed E-state index contributed by atoms with van der Waals surface area (Å²) in [6.07, 6.45) is 0. The van der Waals surface area contributed by atoms with Gasteiger partial charge in [0.25, 0.3) is 5.91 Å². The summed E-state index contributed by atoms with van der Waals surface area (Å²) in [6.45, 7) is 0.